The van der Waals surface area contributed by atoms with Crippen LogP contribution >= 0.6 is 0 Å². The van der Waals surface area contributed by atoms with Gasteiger partial charge in [-0.1, -0.05) is 18.2 Å². The Balaban J connectivity index is 1.81. The van der Waals surface area contributed by atoms with Crippen LogP contribution in [0.2, 0.25) is 0 Å². The fourth-order valence-corrected chi connectivity index (χ4v) is 1.74. The Morgan fingerprint density at radius 3 is 2.55 bits per heavy atom. The van der Waals surface area contributed by atoms with Crippen molar-refractivity contribution in [1.82, 2.24) is 5.32 Å². The minimum Gasteiger partial charge on any atom is -0.338 e. The molecule has 20 heavy (non-hydrogen) atoms. The molecule has 2 aromatic rings. The zero-order valence-electron chi connectivity index (χ0n) is 10.7. The van der Waals surface area contributed by atoms with E-state index in [0.717, 1.165) is 18.2 Å². The molecule has 0 radical (unpaired) electrons. The van der Waals surface area contributed by atoms with Crippen LogP contribution < -0.4 is 10.6 Å². The summed E-state index contributed by atoms with van der Waals surface area (Å²) in [5.74, 6) is -0.966. The Bertz CT molecular complexity index is 588. The minimum atomic E-state index is -0.491. The average Bonchev–Trinajstić information content (AvgIpc) is 2.44. The lowest BCUT2D eigenvalue weighted by atomic mass is 10.1. The number of hydrogen-bond donors (Lipinski definition) is 2. The highest BCUT2D eigenvalue weighted by Gasteiger charge is 2.05. The standard InChI is InChI=1S/C15H14F2N2O/c16-12-6-7-14(17)11(10-12)8-9-18-15(20)19-13-4-2-1-3-5-13/h1-7,10H,8-9H2,(H2,18,19,20). The molecule has 0 aromatic heterocycles. The van der Waals surface area contributed by atoms with E-state index in [1.54, 1.807) is 24.3 Å². The highest BCUT2D eigenvalue weighted by Crippen LogP contribution is 2.10. The molecule has 2 aromatic carbocycles. The van der Waals surface area contributed by atoms with Gasteiger partial charge < -0.3 is 10.6 Å². The van der Waals surface area contributed by atoms with E-state index in [9.17, 15) is 13.6 Å². The van der Waals surface area contributed by atoms with E-state index in [2.05, 4.69) is 10.6 Å². The fourth-order valence-electron chi connectivity index (χ4n) is 1.74. The van der Waals surface area contributed by atoms with Crippen LogP contribution in [-0.2, 0) is 6.42 Å². The van der Waals surface area contributed by atoms with Gasteiger partial charge in [0.05, 0.1) is 0 Å². The summed E-state index contributed by atoms with van der Waals surface area (Å²) >= 11 is 0. The summed E-state index contributed by atoms with van der Waals surface area (Å²) in [6, 6.07) is 11.9. The zero-order chi connectivity index (χ0) is 14.4. The first kappa shape index (κ1) is 14.0. The quantitative estimate of drug-likeness (QED) is 0.883. The van der Waals surface area contributed by atoms with Gasteiger partial charge in [0.2, 0.25) is 0 Å². The van der Waals surface area contributed by atoms with Crippen molar-refractivity contribution in [1.29, 1.82) is 0 Å². The summed E-state index contributed by atoms with van der Waals surface area (Å²) in [6.07, 6.45) is 0.228. The monoisotopic (exact) mass is 276 g/mol. The topological polar surface area (TPSA) is 41.1 Å². The molecule has 0 atom stereocenters. The Labute approximate surface area is 115 Å². The molecule has 104 valence electrons. The number of para-hydroxylation sites is 1. The Morgan fingerprint density at radius 1 is 1.05 bits per heavy atom. The molecular formula is C15H14F2N2O. The molecule has 0 aliphatic heterocycles. The third kappa shape index (κ3) is 4.05. The van der Waals surface area contributed by atoms with E-state index >= 15 is 0 Å². The van der Waals surface area contributed by atoms with E-state index in [-0.39, 0.29) is 24.6 Å². The van der Waals surface area contributed by atoms with Gasteiger partial charge in [0.1, 0.15) is 11.6 Å². The number of halogens is 2. The van der Waals surface area contributed by atoms with Crippen LogP contribution in [0.1, 0.15) is 5.56 Å². The van der Waals surface area contributed by atoms with Gasteiger partial charge in [0.15, 0.2) is 0 Å². The van der Waals surface area contributed by atoms with Gasteiger partial charge >= 0.3 is 6.03 Å². The van der Waals surface area contributed by atoms with Crippen molar-refractivity contribution in [3.8, 4) is 0 Å². The number of hydrogen-bond acceptors (Lipinski definition) is 1. The highest BCUT2D eigenvalue weighted by molar-refractivity contribution is 5.89. The van der Waals surface area contributed by atoms with Crippen molar-refractivity contribution >= 4 is 11.7 Å². The fraction of sp³-hybridized carbons (Fsp3) is 0.133. The van der Waals surface area contributed by atoms with Crippen LogP contribution in [-0.4, -0.2) is 12.6 Å². The summed E-state index contributed by atoms with van der Waals surface area (Å²) < 4.78 is 26.3. The SMILES string of the molecule is O=C(NCCc1cc(F)ccc1F)Nc1ccccc1. The number of anilines is 1. The summed E-state index contributed by atoms with van der Waals surface area (Å²) in [7, 11) is 0. The van der Waals surface area contributed by atoms with Crippen molar-refractivity contribution < 1.29 is 13.6 Å². The van der Waals surface area contributed by atoms with Crippen molar-refractivity contribution in [2.24, 2.45) is 0 Å². The maximum Gasteiger partial charge on any atom is 0.319 e. The number of carbonyl (C=O) groups is 1. The van der Waals surface area contributed by atoms with Gasteiger partial charge in [-0.2, -0.15) is 0 Å². The van der Waals surface area contributed by atoms with Gasteiger partial charge in [-0.05, 0) is 42.3 Å². The molecular weight excluding hydrogens is 262 g/mol. The van der Waals surface area contributed by atoms with Crippen molar-refractivity contribution in [2.75, 3.05) is 11.9 Å². The molecule has 0 unspecified atom stereocenters. The summed E-state index contributed by atoms with van der Waals surface area (Å²) in [5, 5.41) is 5.22. The van der Waals surface area contributed by atoms with E-state index in [1.165, 1.54) is 0 Å². The molecule has 2 rings (SSSR count). The summed E-state index contributed by atoms with van der Waals surface area (Å²) in [6.45, 7) is 0.221. The lowest BCUT2D eigenvalue weighted by molar-refractivity contribution is 0.252. The van der Waals surface area contributed by atoms with Crippen LogP contribution in [0, 0.1) is 11.6 Å². The third-order valence-electron chi connectivity index (χ3n) is 2.72. The van der Waals surface area contributed by atoms with Crippen molar-refractivity contribution in [3.05, 3.63) is 65.7 Å². The maximum absolute atomic E-state index is 13.3. The minimum absolute atomic E-state index is 0.221. The van der Waals surface area contributed by atoms with E-state index < -0.39 is 11.6 Å². The maximum atomic E-state index is 13.3. The van der Waals surface area contributed by atoms with Crippen molar-refractivity contribution in [2.45, 2.75) is 6.42 Å². The number of nitrogens with one attached hydrogen (secondary N) is 2. The molecule has 0 aliphatic carbocycles. The molecule has 0 heterocycles. The van der Waals surface area contributed by atoms with Gasteiger partial charge in [0.25, 0.3) is 0 Å². The van der Waals surface area contributed by atoms with Gasteiger partial charge in [-0.3, -0.25) is 0 Å². The lowest BCUT2D eigenvalue weighted by Gasteiger charge is -2.08. The first-order valence-corrected chi connectivity index (χ1v) is 6.19. The predicted molar refractivity (Wildman–Crippen MR) is 73.5 cm³/mol. The second kappa shape index (κ2) is 6.65. The van der Waals surface area contributed by atoms with E-state index in [4.69, 9.17) is 0 Å². The molecule has 3 nitrogen and oxygen atoms in total. The molecule has 0 fully saturated rings. The Hall–Kier alpha value is -2.43. The van der Waals surface area contributed by atoms with Gasteiger partial charge in [0, 0.05) is 12.2 Å². The smallest absolute Gasteiger partial charge is 0.319 e. The zero-order valence-corrected chi connectivity index (χ0v) is 10.7. The van der Waals surface area contributed by atoms with Crippen molar-refractivity contribution in [3.63, 3.8) is 0 Å². The molecule has 2 amide bonds. The first-order valence-electron chi connectivity index (χ1n) is 6.19. The predicted octanol–water partition coefficient (Wildman–Crippen LogP) is 3.33. The Morgan fingerprint density at radius 2 is 1.80 bits per heavy atom. The summed E-state index contributed by atoms with van der Waals surface area (Å²) in [4.78, 5) is 11.6. The molecule has 0 aliphatic rings. The van der Waals surface area contributed by atoms with Gasteiger partial charge in [-0.25, -0.2) is 13.6 Å². The van der Waals surface area contributed by atoms with Gasteiger partial charge in [-0.15, -0.1) is 0 Å². The average molecular weight is 276 g/mol. The molecule has 0 saturated heterocycles. The largest absolute Gasteiger partial charge is 0.338 e. The van der Waals surface area contributed by atoms with E-state index in [0.29, 0.717) is 5.69 Å². The lowest BCUT2D eigenvalue weighted by Crippen LogP contribution is -2.30. The number of rotatable bonds is 4. The van der Waals surface area contributed by atoms with Crippen LogP contribution in [0.5, 0.6) is 0 Å². The second-order valence-corrected chi connectivity index (χ2v) is 4.23. The molecule has 0 spiro atoms. The molecule has 5 heteroatoms. The molecule has 0 saturated carbocycles. The number of benzene rings is 2. The number of amides is 2. The van der Waals surface area contributed by atoms with Crippen LogP contribution in [0.4, 0.5) is 19.3 Å². The number of carbonyl (C=O) groups excluding carboxylic acids is 1. The summed E-state index contributed by atoms with van der Waals surface area (Å²) in [5.41, 5.74) is 0.909. The molecule has 0 bridgehead atoms. The highest BCUT2D eigenvalue weighted by atomic mass is 19.1. The number of urea groups is 1. The van der Waals surface area contributed by atoms with E-state index in [1.807, 2.05) is 6.07 Å². The second-order valence-electron chi connectivity index (χ2n) is 4.23. The van der Waals surface area contributed by atoms with Crippen LogP contribution in [0.25, 0.3) is 0 Å². The van der Waals surface area contributed by atoms with Crippen LogP contribution in [0.15, 0.2) is 48.5 Å². The Kier molecular flexibility index (Phi) is 4.65. The first-order chi connectivity index (χ1) is 9.65. The van der Waals surface area contributed by atoms with Crippen LogP contribution in [0.3, 0.4) is 0 Å². The molecule has 2 N–H and O–H groups in total. The normalized spacial score (nSPS) is 10.1. The third-order valence-corrected chi connectivity index (χ3v) is 2.72.